The van der Waals surface area contributed by atoms with Crippen LogP contribution in [0.2, 0.25) is 0 Å². The molecule has 112 valence electrons. The number of hydrogen-bond acceptors (Lipinski definition) is 3. The average Bonchev–Trinajstić information content (AvgIpc) is 3.27. The number of nitrogens with one attached hydrogen (secondary N) is 1. The molecule has 3 heteroatoms. The van der Waals surface area contributed by atoms with Gasteiger partial charge in [-0.05, 0) is 49.9 Å². The zero-order valence-electron chi connectivity index (χ0n) is 12.8. The van der Waals surface area contributed by atoms with E-state index in [1.165, 1.54) is 18.4 Å². The highest BCUT2D eigenvalue weighted by molar-refractivity contribution is 5.28. The van der Waals surface area contributed by atoms with Crippen LogP contribution >= 0.6 is 0 Å². The first-order chi connectivity index (χ1) is 10.2. The van der Waals surface area contributed by atoms with Gasteiger partial charge in [0, 0.05) is 11.6 Å². The maximum absolute atomic E-state index is 5.84. The minimum absolute atomic E-state index is 0.560. The molecule has 21 heavy (non-hydrogen) atoms. The molecule has 1 fully saturated rings. The van der Waals surface area contributed by atoms with Crippen molar-refractivity contribution in [1.82, 2.24) is 5.32 Å². The van der Waals surface area contributed by atoms with Crippen molar-refractivity contribution in [3.8, 4) is 5.75 Å². The van der Waals surface area contributed by atoms with Crippen molar-refractivity contribution in [2.45, 2.75) is 52.3 Å². The van der Waals surface area contributed by atoms with Crippen molar-refractivity contribution in [3.63, 3.8) is 0 Å². The van der Waals surface area contributed by atoms with E-state index in [4.69, 9.17) is 9.15 Å². The highest BCUT2D eigenvalue weighted by atomic mass is 16.5. The standard InChI is InChI=1S/C18H23NO2/c1-3-14-4-8-17(9-5-14)20-12-15-10-18(21-13(15)2)11-19-16-6-7-16/h4-5,8-10,16,19H,3,6-7,11-12H2,1-2H3. The summed E-state index contributed by atoms with van der Waals surface area (Å²) in [5.41, 5.74) is 2.46. The van der Waals surface area contributed by atoms with E-state index in [9.17, 15) is 0 Å². The predicted octanol–water partition coefficient (Wildman–Crippen LogP) is 3.98. The van der Waals surface area contributed by atoms with Crippen molar-refractivity contribution in [2.75, 3.05) is 0 Å². The summed E-state index contributed by atoms with van der Waals surface area (Å²) >= 11 is 0. The number of furan rings is 1. The third-order valence-electron chi connectivity index (χ3n) is 3.94. The van der Waals surface area contributed by atoms with E-state index in [2.05, 4.69) is 30.4 Å². The Labute approximate surface area is 126 Å². The van der Waals surface area contributed by atoms with Crippen molar-refractivity contribution in [2.24, 2.45) is 0 Å². The second kappa shape index (κ2) is 6.35. The Balaban J connectivity index is 1.55. The van der Waals surface area contributed by atoms with E-state index < -0.39 is 0 Å². The fraction of sp³-hybridized carbons (Fsp3) is 0.444. The third kappa shape index (κ3) is 3.88. The Morgan fingerprint density at radius 2 is 2.00 bits per heavy atom. The van der Waals surface area contributed by atoms with Gasteiger partial charge in [-0.25, -0.2) is 0 Å². The highest BCUT2D eigenvalue weighted by Crippen LogP contribution is 2.22. The monoisotopic (exact) mass is 285 g/mol. The SMILES string of the molecule is CCc1ccc(OCc2cc(CNC3CC3)oc2C)cc1. The van der Waals surface area contributed by atoms with Crippen LogP contribution in [0.25, 0.3) is 0 Å². The fourth-order valence-electron chi connectivity index (χ4n) is 2.33. The second-order valence-corrected chi connectivity index (χ2v) is 5.74. The van der Waals surface area contributed by atoms with E-state index >= 15 is 0 Å². The first-order valence-electron chi connectivity index (χ1n) is 7.78. The number of benzene rings is 1. The molecule has 1 N–H and O–H groups in total. The molecule has 0 bridgehead atoms. The lowest BCUT2D eigenvalue weighted by atomic mass is 10.2. The number of rotatable bonds is 7. The molecule has 1 saturated carbocycles. The Hall–Kier alpha value is -1.74. The van der Waals surface area contributed by atoms with Gasteiger partial charge in [-0.2, -0.15) is 0 Å². The first kappa shape index (κ1) is 14.2. The molecule has 0 unspecified atom stereocenters. The molecular formula is C18H23NO2. The lowest BCUT2D eigenvalue weighted by Crippen LogP contribution is -2.14. The molecule has 1 aliphatic carbocycles. The third-order valence-corrected chi connectivity index (χ3v) is 3.94. The Bertz CT molecular complexity index is 582. The van der Waals surface area contributed by atoms with Gasteiger partial charge in [0.2, 0.25) is 0 Å². The molecule has 0 atom stereocenters. The summed E-state index contributed by atoms with van der Waals surface area (Å²) in [6.07, 6.45) is 3.64. The van der Waals surface area contributed by atoms with Gasteiger partial charge in [0.25, 0.3) is 0 Å². The minimum Gasteiger partial charge on any atom is -0.489 e. The largest absolute Gasteiger partial charge is 0.489 e. The van der Waals surface area contributed by atoms with E-state index in [1.54, 1.807) is 0 Å². The predicted molar refractivity (Wildman–Crippen MR) is 83.5 cm³/mol. The van der Waals surface area contributed by atoms with Gasteiger partial charge in [-0.15, -0.1) is 0 Å². The van der Waals surface area contributed by atoms with Crippen LogP contribution in [0.3, 0.4) is 0 Å². The van der Waals surface area contributed by atoms with Crippen LogP contribution in [-0.4, -0.2) is 6.04 Å². The van der Waals surface area contributed by atoms with Gasteiger partial charge < -0.3 is 14.5 Å². The van der Waals surface area contributed by atoms with Crippen molar-refractivity contribution in [3.05, 3.63) is 53.0 Å². The van der Waals surface area contributed by atoms with Gasteiger partial charge >= 0.3 is 0 Å². The topological polar surface area (TPSA) is 34.4 Å². The Morgan fingerprint density at radius 3 is 2.67 bits per heavy atom. The molecular weight excluding hydrogens is 262 g/mol. The van der Waals surface area contributed by atoms with Crippen LogP contribution in [0.4, 0.5) is 0 Å². The first-order valence-corrected chi connectivity index (χ1v) is 7.78. The van der Waals surface area contributed by atoms with E-state index in [0.717, 1.165) is 35.8 Å². The molecule has 1 aromatic carbocycles. The molecule has 0 aliphatic heterocycles. The maximum atomic E-state index is 5.84. The lowest BCUT2D eigenvalue weighted by molar-refractivity contribution is 0.303. The van der Waals surface area contributed by atoms with Gasteiger partial charge in [0.05, 0.1) is 6.54 Å². The van der Waals surface area contributed by atoms with E-state index in [1.807, 2.05) is 19.1 Å². The Morgan fingerprint density at radius 1 is 1.24 bits per heavy atom. The normalized spacial score (nSPS) is 14.4. The minimum atomic E-state index is 0.560. The summed E-state index contributed by atoms with van der Waals surface area (Å²) in [5.74, 6) is 2.86. The van der Waals surface area contributed by atoms with Crippen LogP contribution < -0.4 is 10.1 Å². The Kier molecular flexibility index (Phi) is 4.30. The summed E-state index contributed by atoms with van der Waals surface area (Å²) in [6, 6.07) is 11.1. The van der Waals surface area contributed by atoms with E-state index in [0.29, 0.717) is 12.6 Å². The number of ether oxygens (including phenoxy) is 1. The van der Waals surface area contributed by atoms with E-state index in [-0.39, 0.29) is 0 Å². The quantitative estimate of drug-likeness (QED) is 0.835. The molecule has 2 aromatic rings. The van der Waals surface area contributed by atoms with Gasteiger partial charge in [0.15, 0.2) is 0 Å². The average molecular weight is 285 g/mol. The van der Waals surface area contributed by atoms with Crippen LogP contribution in [0.15, 0.2) is 34.7 Å². The summed E-state index contributed by atoms with van der Waals surface area (Å²) in [6.45, 7) is 5.53. The highest BCUT2D eigenvalue weighted by Gasteiger charge is 2.20. The molecule has 1 heterocycles. The number of hydrogen-bond donors (Lipinski definition) is 1. The summed E-state index contributed by atoms with van der Waals surface area (Å²) in [5, 5.41) is 3.47. The summed E-state index contributed by atoms with van der Waals surface area (Å²) in [7, 11) is 0. The van der Waals surface area contributed by atoms with Crippen LogP contribution in [0.1, 0.15) is 42.4 Å². The molecule has 0 amide bonds. The van der Waals surface area contributed by atoms with Crippen molar-refractivity contribution < 1.29 is 9.15 Å². The zero-order valence-corrected chi connectivity index (χ0v) is 12.8. The van der Waals surface area contributed by atoms with Gasteiger partial charge in [0.1, 0.15) is 23.9 Å². The smallest absolute Gasteiger partial charge is 0.119 e. The van der Waals surface area contributed by atoms with Crippen molar-refractivity contribution >= 4 is 0 Å². The molecule has 0 spiro atoms. The van der Waals surface area contributed by atoms with Crippen molar-refractivity contribution in [1.29, 1.82) is 0 Å². The second-order valence-electron chi connectivity index (χ2n) is 5.74. The number of aryl methyl sites for hydroxylation is 2. The molecule has 1 aliphatic rings. The van der Waals surface area contributed by atoms with Gasteiger partial charge in [-0.1, -0.05) is 19.1 Å². The van der Waals surface area contributed by atoms with Crippen LogP contribution in [0, 0.1) is 6.92 Å². The summed E-state index contributed by atoms with van der Waals surface area (Å²) < 4.78 is 11.6. The molecule has 3 nitrogen and oxygen atoms in total. The summed E-state index contributed by atoms with van der Waals surface area (Å²) in [4.78, 5) is 0. The fourth-order valence-corrected chi connectivity index (χ4v) is 2.33. The maximum Gasteiger partial charge on any atom is 0.119 e. The molecule has 1 aromatic heterocycles. The van der Waals surface area contributed by atoms with Gasteiger partial charge in [-0.3, -0.25) is 0 Å². The zero-order chi connectivity index (χ0) is 14.7. The molecule has 0 radical (unpaired) electrons. The van der Waals surface area contributed by atoms with Crippen LogP contribution in [-0.2, 0) is 19.6 Å². The molecule has 0 saturated heterocycles. The van der Waals surface area contributed by atoms with Crippen LogP contribution in [0.5, 0.6) is 5.75 Å². The molecule has 3 rings (SSSR count). The lowest BCUT2D eigenvalue weighted by Gasteiger charge is -2.05.